The molecule has 0 spiro atoms. The first-order chi connectivity index (χ1) is 17.6. The lowest BCUT2D eigenvalue weighted by Crippen LogP contribution is -2.44. The van der Waals surface area contributed by atoms with Gasteiger partial charge in [-0.15, -0.1) is 0 Å². The number of amides is 2. The number of nitrogens with one attached hydrogen (secondary N) is 2. The number of anilines is 1. The lowest BCUT2D eigenvalue weighted by molar-refractivity contribution is -0.150. The number of ether oxygens (including phenoxy) is 2. The number of rotatable bonds is 8. The van der Waals surface area contributed by atoms with E-state index >= 15 is 0 Å². The molecule has 2 atom stereocenters. The van der Waals surface area contributed by atoms with Crippen LogP contribution in [-0.4, -0.2) is 37.3 Å². The Morgan fingerprint density at radius 1 is 1.19 bits per heavy atom. The van der Waals surface area contributed by atoms with Crippen molar-refractivity contribution >= 4 is 58.4 Å². The summed E-state index contributed by atoms with van der Waals surface area (Å²) in [4.78, 5) is 38.4. The Bertz CT molecular complexity index is 1280. The van der Waals surface area contributed by atoms with Gasteiger partial charge in [-0.05, 0) is 49.6 Å². The van der Waals surface area contributed by atoms with Gasteiger partial charge in [-0.2, -0.15) is 5.26 Å². The van der Waals surface area contributed by atoms with Crippen LogP contribution in [0.3, 0.4) is 0 Å². The zero-order valence-electron chi connectivity index (χ0n) is 20.6. The summed E-state index contributed by atoms with van der Waals surface area (Å²) in [7, 11) is 1.16. The van der Waals surface area contributed by atoms with Gasteiger partial charge < -0.3 is 20.1 Å². The molecule has 2 aromatic carbocycles. The topological polar surface area (TPSA) is 118 Å². The molecule has 11 heteroatoms. The van der Waals surface area contributed by atoms with Crippen molar-refractivity contribution in [2.45, 2.75) is 26.7 Å². The van der Waals surface area contributed by atoms with Crippen LogP contribution in [0.25, 0.3) is 0 Å². The molecule has 0 radical (unpaired) electrons. The number of carbonyl (C=O) groups is 3. The molecule has 2 aromatic rings. The summed E-state index contributed by atoms with van der Waals surface area (Å²) < 4.78 is 10.3. The van der Waals surface area contributed by atoms with Crippen LogP contribution in [0.15, 0.2) is 40.9 Å². The molecule has 1 aliphatic rings. The summed E-state index contributed by atoms with van der Waals surface area (Å²) in [5, 5.41) is 16.0. The van der Waals surface area contributed by atoms with E-state index in [1.54, 1.807) is 6.92 Å². The molecular formula is C26H25Cl2N3O5S. The van der Waals surface area contributed by atoms with E-state index in [2.05, 4.69) is 16.7 Å². The number of nitrogens with zero attached hydrogens (tertiary/aromatic N) is 1. The van der Waals surface area contributed by atoms with Gasteiger partial charge in [0.25, 0.3) is 0 Å². The maximum absolute atomic E-state index is 13.1. The van der Waals surface area contributed by atoms with Crippen LogP contribution in [0.2, 0.25) is 10.0 Å². The molecule has 1 aliphatic heterocycles. The van der Waals surface area contributed by atoms with Gasteiger partial charge in [-0.1, -0.05) is 53.2 Å². The number of aryl methyl sites for hydroxylation is 2. The average molecular weight is 562 g/mol. The third-order valence-electron chi connectivity index (χ3n) is 5.75. The number of carbonyl (C=O) groups excluding carboxylic acids is 3. The summed E-state index contributed by atoms with van der Waals surface area (Å²) in [5.74, 6) is -4.05. The van der Waals surface area contributed by atoms with Crippen molar-refractivity contribution in [1.82, 2.24) is 5.32 Å². The number of hydrogen-bond acceptors (Lipinski definition) is 7. The molecule has 8 nitrogen and oxygen atoms in total. The van der Waals surface area contributed by atoms with Gasteiger partial charge in [0.2, 0.25) is 11.8 Å². The average Bonchev–Trinajstić information content (AvgIpc) is 2.86. The maximum atomic E-state index is 13.1. The molecule has 2 amide bonds. The molecular weight excluding hydrogens is 537 g/mol. The molecule has 2 N–H and O–H groups in total. The SMILES string of the molecule is CCOc1c(Cl)cc([C@@H]2C(C#N)=C(SCC(=O)Nc3c(C)cccc3C)NC(=O)[C@@H]2C(=O)OC)cc1Cl. The van der Waals surface area contributed by atoms with E-state index in [1.165, 1.54) is 12.1 Å². The van der Waals surface area contributed by atoms with Crippen molar-refractivity contribution in [2.24, 2.45) is 5.92 Å². The number of esters is 1. The van der Waals surface area contributed by atoms with Crippen LogP contribution in [0.5, 0.6) is 5.75 Å². The van der Waals surface area contributed by atoms with Gasteiger partial charge in [-0.25, -0.2) is 0 Å². The Morgan fingerprint density at radius 2 is 1.81 bits per heavy atom. The van der Waals surface area contributed by atoms with Crippen molar-refractivity contribution in [3.05, 3.63) is 67.7 Å². The zero-order valence-corrected chi connectivity index (χ0v) is 22.9. The van der Waals surface area contributed by atoms with Gasteiger partial charge >= 0.3 is 5.97 Å². The van der Waals surface area contributed by atoms with Gasteiger partial charge in [0.05, 0.1) is 46.2 Å². The van der Waals surface area contributed by atoms with Crippen molar-refractivity contribution in [3.63, 3.8) is 0 Å². The quantitative estimate of drug-likeness (QED) is 0.339. The van der Waals surface area contributed by atoms with Crippen LogP contribution in [0.4, 0.5) is 5.69 Å². The summed E-state index contributed by atoms with van der Waals surface area (Å²) >= 11 is 13.7. The third-order valence-corrected chi connectivity index (χ3v) is 7.32. The number of hydrogen-bond donors (Lipinski definition) is 2. The number of benzene rings is 2. The van der Waals surface area contributed by atoms with E-state index in [4.69, 9.17) is 32.7 Å². The highest BCUT2D eigenvalue weighted by Gasteiger charge is 2.44. The lowest BCUT2D eigenvalue weighted by Gasteiger charge is -2.31. The number of para-hydroxylation sites is 1. The molecule has 0 saturated carbocycles. The predicted molar refractivity (Wildman–Crippen MR) is 144 cm³/mol. The van der Waals surface area contributed by atoms with Crippen LogP contribution in [0.1, 0.15) is 29.5 Å². The Balaban J connectivity index is 1.98. The van der Waals surface area contributed by atoms with Crippen LogP contribution in [-0.2, 0) is 19.1 Å². The molecule has 37 heavy (non-hydrogen) atoms. The van der Waals surface area contributed by atoms with Crippen LogP contribution >= 0.6 is 35.0 Å². The molecule has 0 unspecified atom stereocenters. The Hall–Kier alpha value is -3.19. The Kier molecular flexibility index (Phi) is 9.49. The molecule has 0 aliphatic carbocycles. The largest absolute Gasteiger partial charge is 0.491 e. The van der Waals surface area contributed by atoms with E-state index in [0.29, 0.717) is 17.9 Å². The fourth-order valence-electron chi connectivity index (χ4n) is 4.05. The normalized spacial score (nSPS) is 17.1. The molecule has 3 rings (SSSR count). The van der Waals surface area contributed by atoms with E-state index < -0.39 is 23.7 Å². The molecule has 0 aromatic heterocycles. The number of halogens is 2. The first kappa shape index (κ1) is 28.4. The van der Waals surface area contributed by atoms with Crippen molar-refractivity contribution in [1.29, 1.82) is 5.26 Å². The Morgan fingerprint density at radius 3 is 2.35 bits per heavy atom. The first-order valence-corrected chi connectivity index (χ1v) is 13.0. The van der Waals surface area contributed by atoms with Crippen molar-refractivity contribution in [3.8, 4) is 11.8 Å². The van der Waals surface area contributed by atoms with Crippen LogP contribution < -0.4 is 15.4 Å². The van der Waals surface area contributed by atoms with E-state index in [9.17, 15) is 19.6 Å². The summed E-state index contributed by atoms with van der Waals surface area (Å²) in [6, 6.07) is 10.8. The second kappa shape index (κ2) is 12.4. The summed E-state index contributed by atoms with van der Waals surface area (Å²) in [6.07, 6.45) is 0. The highest BCUT2D eigenvalue weighted by Crippen LogP contribution is 2.44. The predicted octanol–water partition coefficient (Wildman–Crippen LogP) is 5.12. The van der Waals surface area contributed by atoms with Gasteiger partial charge in [0.1, 0.15) is 5.92 Å². The monoisotopic (exact) mass is 561 g/mol. The zero-order chi connectivity index (χ0) is 27.3. The van der Waals surface area contributed by atoms with Crippen LogP contribution in [0, 0.1) is 31.1 Å². The summed E-state index contributed by atoms with van der Waals surface area (Å²) in [5.41, 5.74) is 2.96. The van der Waals surface area contributed by atoms with Gasteiger partial charge in [0.15, 0.2) is 5.75 Å². The fraction of sp³-hybridized carbons (Fsp3) is 0.308. The highest BCUT2D eigenvalue weighted by atomic mass is 35.5. The Labute approximate surface area is 229 Å². The van der Waals surface area contributed by atoms with Crippen molar-refractivity contribution < 1.29 is 23.9 Å². The molecule has 1 heterocycles. The second-order valence-corrected chi connectivity index (χ2v) is 9.97. The fourth-order valence-corrected chi connectivity index (χ4v) is 5.51. The molecule has 0 fully saturated rings. The number of allylic oxidation sites excluding steroid dienone is 1. The van der Waals surface area contributed by atoms with E-state index in [-0.39, 0.29) is 38.1 Å². The van der Waals surface area contributed by atoms with Gasteiger partial charge in [0, 0.05) is 11.6 Å². The smallest absolute Gasteiger partial charge is 0.319 e. The molecule has 194 valence electrons. The van der Waals surface area contributed by atoms with Gasteiger partial charge in [-0.3, -0.25) is 14.4 Å². The maximum Gasteiger partial charge on any atom is 0.319 e. The number of nitriles is 1. The minimum Gasteiger partial charge on any atom is -0.491 e. The minimum absolute atomic E-state index is 0.0798. The summed E-state index contributed by atoms with van der Waals surface area (Å²) in [6.45, 7) is 5.87. The van der Waals surface area contributed by atoms with Crippen molar-refractivity contribution in [2.75, 3.05) is 24.8 Å². The lowest BCUT2D eigenvalue weighted by atomic mass is 9.78. The first-order valence-electron chi connectivity index (χ1n) is 11.3. The third kappa shape index (κ3) is 6.21. The number of thioether (sulfide) groups is 1. The van der Waals surface area contributed by atoms with E-state index in [1.807, 2.05) is 32.0 Å². The van der Waals surface area contributed by atoms with E-state index in [0.717, 1.165) is 30.0 Å². The molecule has 0 saturated heterocycles. The minimum atomic E-state index is -1.36. The number of methoxy groups -OCH3 is 1. The standard InChI is InChI=1S/C26H25Cl2N3O5S/c1-5-36-23-17(27)9-15(10-18(23)28)20-16(11-29)25(31-24(33)21(20)26(34)35-4)37-12-19(32)30-22-13(2)7-6-8-14(22)3/h6-10,20-21H,5,12H2,1-4H3,(H,30,32)(H,31,33)/t20-,21-/m1/s1. The molecule has 0 bridgehead atoms. The highest BCUT2D eigenvalue weighted by molar-refractivity contribution is 8.03. The second-order valence-electron chi connectivity index (χ2n) is 8.17.